The summed E-state index contributed by atoms with van der Waals surface area (Å²) in [5.41, 5.74) is 0.909. The molecule has 122 valence electrons. The minimum Gasteiger partial charge on any atom is -0.491 e. The molecule has 0 unspecified atom stereocenters. The average Bonchev–Trinajstić information content (AvgIpc) is 2.55. The number of hydrogen-bond acceptors (Lipinski definition) is 3. The maximum atomic E-state index is 5.72. The van der Waals surface area contributed by atoms with E-state index in [0.717, 1.165) is 57.3 Å². The van der Waals surface area contributed by atoms with Gasteiger partial charge in [-0.15, -0.1) is 0 Å². The minimum atomic E-state index is 0.639. The summed E-state index contributed by atoms with van der Waals surface area (Å²) in [6.07, 6.45) is 0.985. The Morgan fingerprint density at radius 2 is 2.09 bits per heavy atom. The zero-order chi connectivity index (χ0) is 15.6. The number of hydrogen-bond donors (Lipinski definition) is 3. The summed E-state index contributed by atoms with van der Waals surface area (Å²) in [4.78, 5) is 1.56. The number of benzene rings is 1. The van der Waals surface area contributed by atoms with Crippen molar-refractivity contribution >= 4 is 23.0 Å². The van der Waals surface area contributed by atoms with Crippen LogP contribution in [-0.2, 0) is 4.74 Å². The van der Waals surface area contributed by atoms with E-state index in [2.05, 4.69) is 17.6 Å². The fraction of sp³-hybridized carbons (Fsp3) is 0.562. The molecule has 22 heavy (non-hydrogen) atoms. The molecule has 1 aliphatic rings. The molecule has 1 aliphatic heterocycles. The zero-order valence-corrected chi connectivity index (χ0v) is 14.0. The van der Waals surface area contributed by atoms with Gasteiger partial charge in [-0.1, -0.05) is 19.1 Å². The Labute approximate surface area is 138 Å². The monoisotopic (exact) mass is 324 g/mol. The minimum absolute atomic E-state index is 0.639. The second-order valence-corrected chi connectivity index (χ2v) is 5.75. The highest BCUT2D eigenvalue weighted by Crippen LogP contribution is 2.23. The van der Waals surface area contributed by atoms with Crippen LogP contribution in [0.5, 0.6) is 5.75 Å². The van der Waals surface area contributed by atoms with Gasteiger partial charge in [0.25, 0.3) is 0 Å². The van der Waals surface area contributed by atoms with Crippen LogP contribution < -0.4 is 20.3 Å². The number of nitrogens with one attached hydrogen (secondary N) is 3. The first-order valence-corrected chi connectivity index (χ1v) is 8.38. The summed E-state index contributed by atoms with van der Waals surface area (Å²) in [6, 6.07) is 7.88. The Hall–Kier alpha value is -1.37. The molecule has 0 radical (unpaired) electrons. The number of morpholine rings is 1. The molecule has 0 spiro atoms. The van der Waals surface area contributed by atoms with E-state index in [0.29, 0.717) is 11.7 Å². The van der Waals surface area contributed by atoms with Gasteiger partial charge < -0.3 is 25.0 Å². The molecule has 1 saturated heterocycles. The first-order valence-electron chi connectivity index (χ1n) is 7.97. The molecule has 1 aromatic rings. The standard InChI is InChI=1S/C16H25N3O2S/c1-2-11-21-15-6-4-3-5-14(15)18-16(22)17-7-8-19-9-12-20-13-10-19/h3-6H,2,7-13H2,1H3,(H2,17,18,22)/p+1. The number of thiocarbonyl (C=S) groups is 1. The highest BCUT2D eigenvalue weighted by Gasteiger charge is 2.13. The summed E-state index contributed by atoms with van der Waals surface area (Å²) in [6.45, 7) is 8.60. The molecule has 3 N–H and O–H groups in total. The van der Waals surface area contributed by atoms with Crippen molar-refractivity contribution in [2.24, 2.45) is 0 Å². The maximum absolute atomic E-state index is 5.72. The number of para-hydroxylation sites is 2. The van der Waals surface area contributed by atoms with Gasteiger partial charge in [0, 0.05) is 0 Å². The third-order valence-corrected chi connectivity index (χ3v) is 3.81. The van der Waals surface area contributed by atoms with Crippen LogP contribution >= 0.6 is 12.2 Å². The summed E-state index contributed by atoms with van der Waals surface area (Å²) in [5, 5.41) is 7.12. The Balaban J connectivity index is 1.74. The molecular weight excluding hydrogens is 298 g/mol. The zero-order valence-electron chi connectivity index (χ0n) is 13.2. The molecule has 0 aromatic heterocycles. The molecule has 1 heterocycles. The van der Waals surface area contributed by atoms with Crippen LogP contribution in [0.1, 0.15) is 13.3 Å². The molecule has 2 rings (SSSR count). The van der Waals surface area contributed by atoms with Gasteiger partial charge in [0.15, 0.2) is 5.11 Å². The molecule has 0 saturated carbocycles. The van der Waals surface area contributed by atoms with Gasteiger partial charge in [0.1, 0.15) is 18.8 Å². The van der Waals surface area contributed by atoms with Gasteiger partial charge >= 0.3 is 0 Å². The summed E-state index contributed by atoms with van der Waals surface area (Å²) >= 11 is 5.36. The second kappa shape index (κ2) is 9.61. The first kappa shape index (κ1) is 17.0. The van der Waals surface area contributed by atoms with E-state index >= 15 is 0 Å². The van der Waals surface area contributed by atoms with Gasteiger partial charge in [0.2, 0.25) is 0 Å². The van der Waals surface area contributed by atoms with Gasteiger partial charge in [0.05, 0.1) is 38.6 Å². The Bertz CT molecular complexity index is 464. The van der Waals surface area contributed by atoms with Crippen molar-refractivity contribution in [2.75, 3.05) is 51.3 Å². The molecule has 5 nitrogen and oxygen atoms in total. The van der Waals surface area contributed by atoms with E-state index in [4.69, 9.17) is 21.7 Å². The number of rotatable bonds is 7. The number of anilines is 1. The van der Waals surface area contributed by atoms with E-state index in [1.54, 1.807) is 4.90 Å². The van der Waals surface area contributed by atoms with Crippen molar-refractivity contribution in [3.05, 3.63) is 24.3 Å². The Morgan fingerprint density at radius 1 is 1.32 bits per heavy atom. The molecular formula is C16H26N3O2S+. The van der Waals surface area contributed by atoms with E-state index in [1.165, 1.54) is 0 Å². The predicted octanol–water partition coefficient (Wildman–Crippen LogP) is 0.677. The summed E-state index contributed by atoms with van der Waals surface area (Å²) in [5.74, 6) is 0.840. The van der Waals surface area contributed by atoms with E-state index in [1.807, 2.05) is 24.3 Å². The van der Waals surface area contributed by atoms with Crippen LogP contribution in [0, 0.1) is 0 Å². The smallest absolute Gasteiger partial charge is 0.171 e. The van der Waals surface area contributed by atoms with Crippen molar-refractivity contribution in [1.29, 1.82) is 0 Å². The van der Waals surface area contributed by atoms with Crippen molar-refractivity contribution in [3.63, 3.8) is 0 Å². The van der Waals surface area contributed by atoms with Crippen LogP contribution in [-0.4, -0.2) is 51.1 Å². The molecule has 0 bridgehead atoms. The largest absolute Gasteiger partial charge is 0.491 e. The second-order valence-electron chi connectivity index (χ2n) is 5.34. The topological polar surface area (TPSA) is 47.0 Å². The average molecular weight is 324 g/mol. The molecule has 0 amide bonds. The molecule has 0 aliphatic carbocycles. The van der Waals surface area contributed by atoms with Crippen LogP contribution in [0.3, 0.4) is 0 Å². The summed E-state index contributed by atoms with van der Waals surface area (Å²) in [7, 11) is 0. The maximum Gasteiger partial charge on any atom is 0.171 e. The van der Waals surface area contributed by atoms with Gasteiger partial charge in [-0.3, -0.25) is 0 Å². The molecule has 1 fully saturated rings. The third kappa shape index (κ3) is 5.79. The van der Waals surface area contributed by atoms with E-state index in [-0.39, 0.29) is 0 Å². The van der Waals surface area contributed by atoms with Crippen molar-refractivity contribution in [3.8, 4) is 5.75 Å². The Morgan fingerprint density at radius 3 is 2.86 bits per heavy atom. The number of quaternary nitrogens is 1. The lowest BCUT2D eigenvalue weighted by Crippen LogP contribution is -3.14. The van der Waals surface area contributed by atoms with Gasteiger partial charge in [-0.2, -0.15) is 0 Å². The lowest BCUT2D eigenvalue weighted by Gasteiger charge is -2.24. The van der Waals surface area contributed by atoms with Crippen LogP contribution in [0.15, 0.2) is 24.3 Å². The SMILES string of the molecule is CCCOc1ccccc1NC(=S)NCC[NH+]1CCOCC1. The van der Waals surface area contributed by atoms with Crippen LogP contribution in [0.4, 0.5) is 5.69 Å². The lowest BCUT2D eigenvalue weighted by molar-refractivity contribution is -0.906. The van der Waals surface area contributed by atoms with Crippen LogP contribution in [0.25, 0.3) is 0 Å². The fourth-order valence-electron chi connectivity index (χ4n) is 2.34. The first-order chi connectivity index (χ1) is 10.8. The third-order valence-electron chi connectivity index (χ3n) is 3.56. The van der Waals surface area contributed by atoms with Crippen LogP contribution in [0.2, 0.25) is 0 Å². The fourth-order valence-corrected chi connectivity index (χ4v) is 2.55. The summed E-state index contributed by atoms with van der Waals surface area (Å²) < 4.78 is 11.1. The number of ether oxygens (including phenoxy) is 2. The highest BCUT2D eigenvalue weighted by molar-refractivity contribution is 7.80. The molecule has 6 heteroatoms. The van der Waals surface area contributed by atoms with Crippen molar-refractivity contribution in [1.82, 2.24) is 5.32 Å². The van der Waals surface area contributed by atoms with Gasteiger partial charge in [-0.25, -0.2) is 0 Å². The predicted molar refractivity (Wildman–Crippen MR) is 92.8 cm³/mol. The normalized spacial score (nSPS) is 15.3. The van der Waals surface area contributed by atoms with Gasteiger partial charge in [-0.05, 0) is 30.8 Å². The highest BCUT2D eigenvalue weighted by atomic mass is 32.1. The quantitative estimate of drug-likeness (QED) is 0.644. The van der Waals surface area contributed by atoms with Crippen molar-refractivity contribution in [2.45, 2.75) is 13.3 Å². The van der Waals surface area contributed by atoms with Crippen molar-refractivity contribution < 1.29 is 14.4 Å². The lowest BCUT2D eigenvalue weighted by atomic mass is 10.3. The Kier molecular flexibility index (Phi) is 7.42. The molecule has 1 aromatic carbocycles. The van der Waals surface area contributed by atoms with E-state index < -0.39 is 0 Å². The molecule has 0 atom stereocenters. The van der Waals surface area contributed by atoms with E-state index in [9.17, 15) is 0 Å².